The Morgan fingerprint density at radius 2 is 1.95 bits per heavy atom. The van der Waals surface area contributed by atoms with Crippen molar-refractivity contribution in [2.45, 2.75) is 26.9 Å². The average Bonchev–Trinajstić information content (AvgIpc) is 2.39. The fourth-order valence-electron chi connectivity index (χ4n) is 1.77. The van der Waals surface area contributed by atoms with Crippen molar-refractivity contribution in [3.63, 3.8) is 0 Å². The molecule has 0 aromatic heterocycles. The summed E-state index contributed by atoms with van der Waals surface area (Å²) in [7, 11) is 0. The van der Waals surface area contributed by atoms with E-state index in [0.29, 0.717) is 17.3 Å². The minimum Gasteiger partial charge on any atom is -0.491 e. The summed E-state index contributed by atoms with van der Waals surface area (Å²) in [5.74, 6) is 0.622. The van der Waals surface area contributed by atoms with Crippen molar-refractivity contribution in [3.8, 4) is 5.75 Å². The number of rotatable bonds is 7. The van der Waals surface area contributed by atoms with E-state index in [4.69, 9.17) is 20.9 Å². The molecule has 0 aliphatic carbocycles. The second-order valence-corrected chi connectivity index (χ2v) is 5.90. The lowest BCUT2D eigenvalue weighted by Gasteiger charge is -2.20. The molecule has 0 saturated heterocycles. The molecule has 2 N–H and O–H groups in total. The zero-order chi connectivity index (χ0) is 15.3. The second-order valence-electron chi connectivity index (χ2n) is 4.55. The molecule has 0 saturated carbocycles. The van der Waals surface area contributed by atoms with Gasteiger partial charge in [-0.2, -0.15) is 4.31 Å². The molecule has 2 atom stereocenters. The molecule has 7 heteroatoms. The van der Waals surface area contributed by atoms with Crippen molar-refractivity contribution in [2.24, 2.45) is 0 Å². The minimum atomic E-state index is -2.08. The molecule has 0 fully saturated rings. The van der Waals surface area contributed by atoms with Gasteiger partial charge in [0.15, 0.2) is 0 Å². The van der Waals surface area contributed by atoms with Crippen molar-refractivity contribution in [1.29, 1.82) is 0 Å². The van der Waals surface area contributed by atoms with Crippen LogP contribution in [0, 0.1) is 13.8 Å². The Morgan fingerprint density at radius 3 is 2.40 bits per heavy atom. The molecule has 0 radical (unpaired) electrons. The predicted molar refractivity (Wildman–Crippen MR) is 80.4 cm³/mol. The Morgan fingerprint density at radius 1 is 1.40 bits per heavy atom. The molecule has 1 aromatic rings. The van der Waals surface area contributed by atoms with E-state index in [-0.39, 0.29) is 13.2 Å². The van der Waals surface area contributed by atoms with Crippen molar-refractivity contribution in [2.75, 3.05) is 19.7 Å². The van der Waals surface area contributed by atoms with Crippen LogP contribution in [0.2, 0.25) is 5.02 Å². The maximum Gasteiger partial charge on any atom is 0.234 e. The number of aryl methyl sites for hydroxylation is 2. The third kappa shape index (κ3) is 5.03. The van der Waals surface area contributed by atoms with Gasteiger partial charge in [0, 0.05) is 18.1 Å². The first-order chi connectivity index (χ1) is 9.35. The van der Waals surface area contributed by atoms with E-state index in [2.05, 4.69) is 0 Å². The van der Waals surface area contributed by atoms with Crippen LogP contribution >= 0.6 is 11.6 Å². The van der Waals surface area contributed by atoms with E-state index < -0.39 is 17.4 Å². The molecule has 0 aliphatic heterocycles. The van der Waals surface area contributed by atoms with Crippen LogP contribution in [0.5, 0.6) is 5.75 Å². The summed E-state index contributed by atoms with van der Waals surface area (Å²) in [6.45, 7) is 6.00. The third-order valence-electron chi connectivity index (χ3n) is 2.84. The summed E-state index contributed by atoms with van der Waals surface area (Å²) in [6, 6.07) is 3.59. The lowest BCUT2D eigenvalue weighted by atomic mass is 10.1. The van der Waals surface area contributed by atoms with E-state index in [1.807, 2.05) is 13.8 Å². The molecular formula is C13H20ClNO4S. The number of ether oxygens (including phenoxy) is 1. The van der Waals surface area contributed by atoms with Crippen LogP contribution in [0.15, 0.2) is 12.1 Å². The van der Waals surface area contributed by atoms with Crippen LogP contribution < -0.4 is 4.74 Å². The summed E-state index contributed by atoms with van der Waals surface area (Å²) in [6.07, 6.45) is -0.845. The smallest absolute Gasteiger partial charge is 0.234 e. The van der Waals surface area contributed by atoms with Gasteiger partial charge in [-0.1, -0.05) is 18.5 Å². The quantitative estimate of drug-likeness (QED) is 0.755. The van der Waals surface area contributed by atoms with Gasteiger partial charge in [0.2, 0.25) is 11.3 Å². The highest BCUT2D eigenvalue weighted by molar-refractivity contribution is 7.76. The Hall–Kier alpha value is -0.660. The van der Waals surface area contributed by atoms with Crippen molar-refractivity contribution in [1.82, 2.24) is 4.31 Å². The molecular weight excluding hydrogens is 302 g/mol. The molecule has 0 spiro atoms. The lowest BCUT2D eigenvalue weighted by Crippen LogP contribution is -2.36. The largest absolute Gasteiger partial charge is 0.491 e. The van der Waals surface area contributed by atoms with Crippen molar-refractivity contribution in [3.05, 3.63) is 28.3 Å². The highest BCUT2D eigenvalue weighted by atomic mass is 35.5. The zero-order valence-electron chi connectivity index (χ0n) is 11.8. The third-order valence-corrected chi connectivity index (χ3v) is 4.29. The normalized spacial score (nSPS) is 14.3. The monoisotopic (exact) mass is 321 g/mol. The van der Waals surface area contributed by atoms with Crippen LogP contribution in [-0.4, -0.2) is 44.0 Å². The summed E-state index contributed by atoms with van der Waals surface area (Å²) < 4.78 is 26.7. The van der Waals surface area contributed by atoms with E-state index in [9.17, 15) is 9.32 Å². The fourth-order valence-corrected chi connectivity index (χ4v) is 2.40. The molecule has 5 nitrogen and oxygen atoms in total. The van der Waals surface area contributed by atoms with Crippen LogP contribution in [0.1, 0.15) is 18.1 Å². The Balaban J connectivity index is 2.57. The van der Waals surface area contributed by atoms with Gasteiger partial charge >= 0.3 is 0 Å². The fraction of sp³-hybridized carbons (Fsp3) is 0.538. The molecule has 2 unspecified atom stereocenters. The molecule has 20 heavy (non-hydrogen) atoms. The summed E-state index contributed by atoms with van der Waals surface area (Å²) in [5.41, 5.74) is 1.81. The first kappa shape index (κ1) is 17.4. The average molecular weight is 322 g/mol. The number of likely N-dealkylation sites (N-methyl/N-ethyl adjacent to an activating group) is 1. The Labute approximate surface area is 126 Å². The van der Waals surface area contributed by atoms with Gasteiger partial charge in [0.1, 0.15) is 18.5 Å². The number of aliphatic hydroxyl groups excluding tert-OH is 1. The second kappa shape index (κ2) is 7.95. The van der Waals surface area contributed by atoms with Gasteiger partial charge in [-0.05, 0) is 37.1 Å². The van der Waals surface area contributed by atoms with Gasteiger partial charge in [-0.15, -0.1) is 0 Å². The first-order valence-electron chi connectivity index (χ1n) is 6.28. The maximum atomic E-state index is 10.9. The Kier molecular flexibility index (Phi) is 6.91. The van der Waals surface area contributed by atoms with Gasteiger partial charge in [-0.25, -0.2) is 4.21 Å². The lowest BCUT2D eigenvalue weighted by molar-refractivity contribution is 0.0899. The van der Waals surface area contributed by atoms with Crippen LogP contribution in [0.25, 0.3) is 0 Å². The molecule has 0 bridgehead atoms. The highest BCUT2D eigenvalue weighted by Crippen LogP contribution is 2.25. The van der Waals surface area contributed by atoms with E-state index in [1.165, 1.54) is 4.31 Å². The van der Waals surface area contributed by atoms with Crippen LogP contribution in [0.4, 0.5) is 0 Å². The molecule has 1 rings (SSSR count). The highest BCUT2D eigenvalue weighted by Gasteiger charge is 2.15. The zero-order valence-corrected chi connectivity index (χ0v) is 13.4. The van der Waals surface area contributed by atoms with Crippen molar-refractivity contribution >= 4 is 22.9 Å². The molecule has 0 aliphatic rings. The molecule has 114 valence electrons. The molecule has 0 amide bonds. The van der Waals surface area contributed by atoms with Gasteiger partial charge in [0.05, 0.1) is 0 Å². The molecule has 1 aromatic carbocycles. The summed E-state index contributed by atoms with van der Waals surface area (Å²) in [5, 5.41) is 10.5. The van der Waals surface area contributed by atoms with E-state index >= 15 is 0 Å². The van der Waals surface area contributed by atoms with Crippen LogP contribution in [-0.2, 0) is 11.3 Å². The van der Waals surface area contributed by atoms with Gasteiger partial charge < -0.3 is 9.84 Å². The van der Waals surface area contributed by atoms with Crippen molar-refractivity contribution < 1.29 is 18.6 Å². The summed E-state index contributed by atoms with van der Waals surface area (Å²) >= 11 is 3.98. The van der Waals surface area contributed by atoms with E-state index in [1.54, 1.807) is 19.1 Å². The minimum absolute atomic E-state index is 0.0498. The molecule has 0 heterocycles. The maximum absolute atomic E-state index is 10.9. The number of aliphatic hydroxyl groups is 1. The number of benzene rings is 1. The SMILES string of the molecule is CCN(CC(O)COc1cc(C)c(Cl)c(C)c1)S(=O)O. The standard InChI is InChI=1S/C13H20ClNO4S/c1-4-15(20(17)18)7-11(16)8-19-12-5-9(2)13(14)10(3)6-12/h5-6,11,16H,4,7-8H2,1-3H3,(H,17,18). The number of hydrogen-bond donors (Lipinski definition) is 2. The Bertz CT molecular complexity index is 460. The van der Waals surface area contributed by atoms with Gasteiger partial charge in [0.25, 0.3) is 0 Å². The number of hydrogen-bond acceptors (Lipinski definition) is 3. The number of nitrogens with zero attached hydrogens (tertiary/aromatic N) is 1. The van der Waals surface area contributed by atoms with Gasteiger partial charge in [-0.3, -0.25) is 4.55 Å². The number of halogens is 1. The first-order valence-corrected chi connectivity index (χ1v) is 7.72. The topological polar surface area (TPSA) is 70.0 Å². The predicted octanol–water partition coefficient (Wildman–Crippen LogP) is 2.16. The summed E-state index contributed by atoms with van der Waals surface area (Å²) in [4.78, 5) is 0. The van der Waals surface area contributed by atoms with Crippen LogP contribution in [0.3, 0.4) is 0 Å². The van der Waals surface area contributed by atoms with E-state index in [0.717, 1.165) is 11.1 Å².